The molecular weight excluding hydrogens is 454 g/mol. The van der Waals surface area contributed by atoms with Crippen molar-refractivity contribution in [2.24, 2.45) is 5.92 Å². The Hall–Kier alpha value is -2.77. The first-order valence-corrected chi connectivity index (χ1v) is 13.2. The second kappa shape index (κ2) is 12.5. The van der Waals surface area contributed by atoms with Gasteiger partial charge in [-0.15, -0.1) is 0 Å². The van der Waals surface area contributed by atoms with E-state index >= 15 is 0 Å². The average Bonchev–Trinajstić information content (AvgIpc) is 3.11. The van der Waals surface area contributed by atoms with Crippen molar-refractivity contribution in [2.45, 2.75) is 46.3 Å². The predicted octanol–water partition coefficient (Wildman–Crippen LogP) is 4.18. The van der Waals surface area contributed by atoms with E-state index in [2.05, 4.69) is 47.9 Å². The summed E-state index contributed by atoms with van der Waals surface area (Å²) in [6.07, 6.45) is 2.07. The van der Waals surface area contributed by atoms with Crippen LogP contribution in [0.3, 0.4) is 0 Å². The third-order valence-electron chi connectivity index (χ3n) is 7.41. The summed E-state index contributed by atoms with van der Waals surface area (Å²) in [5, 5.41) is 0. The van der Waals surface area contributed by atoms with Crippen LogP contribution in [0.1, 0.15) is 43.4 Å². The van der Waals surface area contributed by atoms with Crippen LogP contribution in [0.2, 0.25) is 0 Å². The molecule has 7 heteroatoms. The molecule has 0 aliphatic carbocycles. The van der Waals surface area contributed by atoms with Crippen molar-refractivity contribution in [3.8, 4) is 17.2 Å². The summed E-state index contributed by atoms with van der Waals surface area (Å²) in [6.45, 7) is 11.6. The third-order valence-corrected chi connectivity index (χ3v) is 7.41. The SMILES string of the molecule is CCN(CC)C(=O)[C@H]1CCCN(Cc2ccc3c(c2)CN(Cc2ccc(OC)cc2OC)CCO3)C1. The molecule has 2 aliphatic rings. The van der Waals surface area contributed by atoms with E-state index in [1.54, 1.807) is 14.2 Å². The highest BCUT2D eigenvalue weighted by Crippen LogP contribution is 2.30. The molecule has 1 amide bonds. The lowest BCUT2D eigenvalue weighted by Gasteiger charge is -2.34. The molecule has 2 heterocycles. The van der Waals surface area contributed by atoms with Gasteiger partial charge in [0.2, 0.25) is 5.91 Å². The van der Waals surface area contributed by atoms with E-state index in [4.69, 9.17) is 14.2 Å². The summed E-state index contributed by atoms with van der Waals surface area (Å²) in [5.41, 5.74) is 3.62. The number of ether oxygens (including phenoxy) is 3. The normalized spacial score (nSPS) is 18.6. The zero-order valence-corrected chi connectivity index (χ0v) is 22.3. The Balaban J connectivity index is 1.43. The topological polar surface area (TPSA) is 54.5 Å². The molecular formula is C29H41N3O4. The maximum atomic E-state index is 12.9. The van der Waals surface area contributed by atoms with Crippen molar-refractivity contribution in [1.29, 1.82) is 0 Å². The number of fused-ring (bicyclic) bond motifs is 1. The van der Waals surface area contributed by atoms with Crippen LogP contribution < -0.4 is 14.2 Å². The largest absolute Gasteiger partial charge is 0.497 e. The Bertz CT molecular complexity index is 1020. The highest BCUT2D eigenvalue weighted by atomic mass is 16.5. The van der Waals surface area contributed by atoms with E-state index in [0.29, 0.717) is 12.5 Å². The molecule has 0 saturated carbocycles. The fraction of sp³-hybridized carbons (Fsp3) is 0.552. The lowest BCUT2D eigenvalue weighted by atomic mass is 9.95. The van der Waals surface area contributed by atoms with E-state index in [9.17, 15) is 4.79 Å². The molecule has 1 atom stereocenters. The van der Waals surface area contributed by atoms with Gasteiger partial charge >= 0.3 is 0 Å². The fourth-order valence-corrected chi connectivity index (χ4v) is 5.41. The van der Waals surface area contributed by atoms with Gasteiger partial charge in [0.15, 0.2) is 0 Å². The zero-order chi connectivity index (χ0) is 25.5. The number of likely N-dealkylation sites (tertiary alicyclic amines) is 1. The number of rotatable bonds is 9. The van der Waals surface area contributed by atoms with Crippen molar-refractivity contribution in [3.63, 3.8) is 0 Å². The number of piperidine rings is 1. The van der Waals surface area contributed by atoms with Crippen LogP contribution in [-0.2, 0) is 24.4 Å². The maximum Gasteiger partial charge on any atom is 0.226 e. The molecule has 0 N–H and O–H groups in total. The van der Waals surface area contributed by atoms with Crippen molar-refractivity contribution in [1.82, 2.24) is 14.7 Å². The standard InChI is InChI=1S/C29H41N3O4/c1-5-32(6-2)29(33)24-8-7-13-30(20-24)18-22-9-12-27-25(16-22)21-31(14-15-36-27)19-23-10-11-26(34-3)17-28(23)35-4/h9-12,16-17,24H,5-8,13-15,18-21H2,1-4H3/t24-/m0/s1. The van der Waals surface area contributed by atoms with Crippen LogP contribution in [0.25, 0.3) is 0 Å². The molecule has 196 valence electrons. The van der Waals surface area contributed by atoms with Crippen LogP contribution in [0.5, 0.6) is 17.2 Å². The Morgan fingerprint density at radius 2 is 1.86 bits per heavy atom. The minimum absolute atomic E-state index is 0.109. The van der Waals surface area contributed by atoms with E-state index in [-0.39, 0.29) is 5.92 Å². The first-order chi connectivity index (χ1) is 17.5. The lowest BCUT2D eigenvalue weighted by Crippen LogP contribution is -2.44. The summed E-state index contributed by atoms with van der Waals surface area (Å²) >= 11 is 0. The lowest BCUT2D eigenvalue weighted by molar-refractivity contribution is -0.137. The number of carbonyl (C=O) groups excluding carboxylic acids is 1. The Kier molecular flexibility index (Phi) is 9.10. The van der Waals surface area contributed by atoms with Gasteiger partial charge in [-0.2, -0.15) is 0 Å². The fourth-order valence-electron chi connectivity index (χ4n) is 5.41. The molecule has 0 spiro atoms. The van der Waals surface area contributed by atoms with Gasteiger partial charge in [-0.3, -0.25) is 14.6 Å². The van der Waals surface area contributed by atoms with E-state index in [0.717, 1.165) is 88.0 Å². The van der Waals surface area contributed by atoms with Gasteiger partial charge in [-0.1, -0.05) is 12.1 Å². The highest BCUT2D eigenvalue weighted by Gasteiger charge is 2.28. The van der Waals surface area contributed by atoms with Gasteiger partial charge in [0.1, 0.15) is 23.9 Å². The van der Waals surface area contributed by atoms with Gasteiger partial charge in [0.05, 0.1) is 20.1 Å². The summed E-state index contributed by atoms with van der Waals surface area (Å²) in [6, 6.07) is 12.6. The van der Waals surface area contributed by atoms with Crippen molar-refractivity contribution in [3.05, 3.63) is 53.1 Å². The van der Waals surface area contributed by atoms with Crippen LogP contribution >= 0.6 is 0 Å². The summed E-state index contributed by atoms with van der Waals surface area (Å²) in [7, 11) is 3.37. The minimum atomic E-state index is 0.109. The number of hydrogen-bond acceptors (Lipinski definition) is 6. The van der Waals surface area contributed by atoms with Gasteiger partial charge in [0, 0.05) is 63.0 Å². The zero-order valence-electron chi connectivity index (χ0n) is 22.3. The van der Waals surface area contributed by atoms with Crippen molar-refractivity contribution in [2.75, 3.05) is 53.6 Å². The van der Waals surface area contributed by atoms with Gasteiger partial charge in [-0.25, -0.2) is 0 Å². The first kappa shape index (κ1) is 26.3. The Labute approximate surface area is 215 Å². The number of methoxy groups -OCH3 is 2. The maximum absolute atomic E-state index is 12.9. The quantitative estimate of drug-likeness (QED) is 0.520. The highest BCUT2D eigenvalue weighted by molar-refractivity contribution is 5.79. The number of amides is 1. The molecule has 1 fully saturated rings. The molecule has 2 aromatic rings. The predicted molar refractivity (Wildman–Crippen MR) is 142 cm³/mol. The molecule has 36 heavy (non-hydrogen) atoms. The molecule has 2 aromatic carbocycles. The Morgan fingerprint density at radius 1 is 1.03 bits per heavy atom. The second-order valence-electron chi connectivity index (χ2n) is 9.76. The van der Waals surface area contributed by atoms with Crippen LogP contribution in [0, 0.1) is 5.92 Å². The summed E-state index contributed by atoms with van der Waals surface area (Å²) in [4.78, 5) is 19.7. The monoisotopic (exact) mass is 495 g/mol. The summed E-state index contributed by atoms with van der Waals surface area (Å²) < 4.78 is 17.1. The van der Waals surface area contributed by atoms with E-state index < -0.39 is 0 Å². The average molecular weight is 496 g/mol. The van der Waals surface area contributed by atoms with Gasteiger partial charge < -0.3 is 19.1 Å². The molecule has 0 radical (unpaired) electrons. The smallest absolute Gasteiger partial charge is 0.226 e. The van der Waals surface area contributed by atoms with Crippen LogP contribution in [0.15, 0.2) is 36.4 Å². The number of carbonyl (C=O) groups is 1. The minimum Gasteiger partial charge on any atom is -0.497 e. The molecule has 2 aliphatic heterocycles. The number of nitrogens with zero attached hydrogens (tertiary/aromatic N) is 3. The van der Waals surface area contributed by atoms with Crippen LogP contribution in [-0.4, -0.2) is 74.2 Å². The van der Waals surface area contributed by atoms with Gasteiger partial charge in [0.25, 0.3) is 0 Å². The molecule has 7 nitrogen and oxygen atoms in total. The van der Waals surface area contributed by atoms with Gasteiger partial charge in [-0.05, 0) is 57.0 Å². The van der Waals surface area contributed by atoms with E-state index in [1.807, 2.05) is 17.0 Å². The van der Waals surface area contributed by atoms with E-state index in [1.165, 1.54) is 11.1 Å². The summed E-state index contributed by atoms with van der Waals surface area (Å²) in [5.74, 6) is 3.02. The molecule has 4 rings (SSSR count). The van der Waals surface area contributed by atoms with Crippen LogP contribution in [0.4, 0.5) is 0 Å². The third kappa shape index (κ3) is 6.31. The molecule has 0 bridgehead atoms. The second-order valence-corrected chi connectivity index (χ2v) is 9.76. The number of benzene rings is 2. The molecule has 1 saturated heterocycles. The molecule has 0 unspecified atom stereocenters. The first-order valence-electron chi connectivity index (χ1n) is 13.2. The molecule has 0 aromatic heterocycles. The number of hydrogen-bond donors (Lipinski definition) is 0. The van der Waals surface area contributed by atoms with Crippen molar-refractivity contribution >= 4 is 5.91 Å². The Morgan fingerprint density at radius 3 is 2.61 bits per heavy atom. The van der Waals surface area contributed by atoms with Crippen molar-refractivity contribution < 1.29 is 19.0 Å².